The lowest BCUT2D eigenvalue weighted by Gasteiger charge is -2.38. The molecule has 1 aromatic heterocycles. The van der Waals surface area contributed by atoms with Crippen molar-refractivity contribution in [2.75, 3.05) is 48.0 Å². The van der Waals surface area contributed by atoms with Crippen LogP contribution in [-0.2, 0) is 23.2 Å². The van der Waals surface area contributed by atoms with E-state index < -0.39 is 0 Å². The molecule has 0 saturated carbocycles. The monoisotopic (exact) mass is 560 g/mol. The largest absolute Gasteiger partial charge is 0.381 e. The standard InChI is InChI=1S/C31H37FN6OS/c32-26-11-9-25(10-12-26)31(13-17-39-18-14-31)22-33-30(40)36-29-34-27(37-15-5-1-2-6-16-37)19-28(35-29)38-20-23-7-3-4-8-24(23)21-38/h3-4,7-12,19H,1-2,5-6,13-18,20-22H2,(H2,33,34,35,36,40). The predicted molar refractivity (Wildman–Crippen MR) is 161 cm³/mol. The molecule has 0 aliphatic carbocycles. The van der Waals surface area contributed by atoms with E-state index in [0.29, 0.717) is 30.8 Å². The SMILES string of the molecule is Fc1ccc(C2(CNC(=S)Nc3nc(N4CCCCCC4)cc(N4Cc5ccccc5C4)n3)CCOCC2)cc1. The van der Waals surface area contributed by atoms with E-state index in [9.17, 15) is 4.39 Å². The summed E-state index contributed by atoms with van der Waals surface area (Å²) in [7, 11) is 0. The fraction of sp³-hybridized carbons (Fsp3) is 0.452. The third-order valence-electron chi connectivity index (χ3n) is 8.51. The second-order valence-electron chi connectivity index (χ2n) is 11.1. The highest BCUT2D eigenvalue weighted by molar-refractivity contribution is 7.80. The Morgan fingerprint density at radius 2 is 1.50 bits per heavy atom. The summed E-state index contributed by atoms with van der Waals surface area (Å²) in [5, 5.41) is 7.21. The van der Waals surface area contributed by atoms with Crippen molar-refractivity contribution in [3.63, 3.8) is 0 Å². The lowest BCUT2D eigenvalue weighted by molar-refractivity contribution is 0.0515. The van der Waals surface area contributed by atoms with E-state index in [1.807, 2.05) is 12.1 Å². The van der Waals surface area contributed by atoms with Crippen LogP contribution in [0.15, 0.2) is 54.6 Å². The number of halogens is 1. The van der Waals surface area contributed by atoms with Crippen molar-refractivity contribution < 1.29 is 9.13 Å². The average Bonchev–Trinajstić information content (AvgIpc) is 3.23. The number of hydrogen-bond donors (Lipinski definition) is 2. The number of benzene rings is 2. The lowest BCUT2D eigenvalue weighted by Crippen LogP contribution is -2.45. The molecule has 9 heteroatoms. The summed E-state index contributed by atoms with van der Waals surface area (Å²) in [6.07, 6.45) is 6.55. The number of nitrogens with zero attached hydrogens (tertiary/aromatic N) is 4. The van der Waals surface area contributed by atoms with E-state index in [2.05, 4.69) is 50.8 Å². The number of aromatic nitrogens is 2. The number of ether oxygens (including phenoxy) is 1. The molecule has 0 bridgehead atoms. The van der Waals surface area contributed by atoms with Gasteiger partial charge in [-0.25, -0.2) is 4.39 Å². The molecule has 2 N–H and O–H groups in total. The number of nitrogens with one attached hydrogen (secondary N) is 2. The molecular formula is C31H37FN6OS. The lowest BCUT2D eigenvalue weighted by atomic mass is 9.74. The smallest absolute Gasteiger partial charge is 0.232 e. The Morgan fingerprint density at radius 3 is 2.15 bits per heavy atom. The van der Waals surface area contributed by atoms with Crippen LogP contribution in [0.5, 0.6) is 0 Å². The minimum absolute atomic E-state index is 0.182. The van der Waals surface area contributed by atoms with Gasteiger partial charge in [0.1, 0.15) is 17.5 Å². The molecule has 2 aromatic carbocycles. The van der Waals surface area contributed by atoms with Crippen LogP contribution in [0.1, 0.15) is 55.2 Å². The minimum atomic E-state index is -0.227. The molecule has 0 unspecified atom stereocenters. The number of rotatable bonds is 6. The van der Waals surface area contributed by atoms with Crippen LogP contribution in [-0.4, -0.2) is 47.9 Å². The first-order chi connectivity index (χ1) is 19.6. The van der Waals surface area contributed by atoms with E-state index in [4.69, 9.17) is 26.9 Å². The minimum Gasteiger partial charge on any atom is -0.381 e. The maximum atomic E-state index is 13.7. The second kappa shape index (κ2) is 12.1. The van der Waals surface area contributed by atoms with Gasteiger partial charge in [0.25, 0.3) is 0 Å². The molecule has 0 radical (unpaired) electrons. The van der Waals surface area contributed by atoms with Gasteiger partial charge in [0, 0.05) is 57.4 Å². The Hall–Kier alpha value is -3.30. The second-order valence-corrected chi connectivity index (χ2v) is 11.5. The zero-order chi connectivity index (χ0) is 27.4. The molecule has 7 nitrogen and oxygen atoms in total. The molecule has 0 amide bonds. The molecule has 2 saturated heterocycles. The van der Waals surface area contributed by atoms with Gasteiger partial charge >= 0.3 is 0 Å². The van der Waals surface area contributed by atoms with E-state index in [1.165, 1.54) is 48.9 Å². The van der Waals surface area contributed by atoms with Crippen LogP contribution in [0.3, 0.4) is 0 Å². The average molecular weight is 561 g/mol. The third-order valence-corrected chi connectivity index (χ3v) is 8.76. The van der Waals surface area contributed by atoms with Gasteiger partial charge < -0.3 is 25.2 Å². The van der Waals surface area contributed by atoms with E-state index >= 15 is 0 Å². The molecule has 40 heavy (non-hydrogen) atoms. The maximum absolute atomic E-state index is 13.7. The maximum Gasteiger partial charge on any atom is 0.232 e. The fourth-order valence-corrected chi connectivity index (χ4v) is 6.29. The summed E-state index contributed by atoms with van der Waals surface area (Å²) in [5.74, 6) is 2.13. The molecule has 3 aromatic rings. The van der Waals surface area contributed by atoms with Crippen LogP contribution in [0.4, 0.5) is 22.0 Å². The normalized spacial score (nSPS) is 18.6. The third kappa shape index (κ3) is 6.05. The Balaban J connectivity index is 1.21. The molecule has 2 fully saturated rings. The van der Waals surface area contributed by atoms with Gasteiger partial charge in [-0.3, -0.25) is 0 Å². The van der Waals surface area contributed by atoms with E-state index in [1.54, 1.807) is 0 Å². The summed E-state index contributed by atoms with van der Waals surface area (Å²) in [4.78, 5) is 14.5. The summed E-state index contributed by atoms with van der Waals surface area (Å²) in [5.41, 5.74) is 3.60. The van der Waals surface area contributed by atoms with Crippen LogP contribution < -0.4 is 20.4 Å². The molecule has 210 valence electrons. The summed E-state index contributed by atoms with van der Waals surface area (Å²) in [6.45, 7) is 5.62. The Labute approximate surface area is 241 Å². The molecule has 0 atom stereocenters. The molecule has 3 aliphatic heterocycles. The Morgan fingerprint density at radius 1 is 0.875 bits per heavy atom. The summed E-state index contributed by atoms with van der Waals surface area (Å²) in [6, 6.07) is 17.5. The fourth-order valence-electron chi connectivity index (χ4n) is 6.13. The summed E-state index contributed by atoms with van der Waals surface area (Å²) < 4.78 is 19.3. The molecular weight excluding hydrogens is 523 g/mol. The first-order valence-electron chi connectivity index (χ1n) is 14.4. The van der Waals surface area contributed by atoms with Crippen molar-refractivity contribution in [2.24, 2.45) is 0 Å². The number of thiocarbonyl (C=S) groups is 1. The topological polar surface area (TPSA) is 65.6 Å². The molecule has 4 heterocycles. The Kier molecular flexibility index (Phi) is 8.11. The Bertz CT molecular complexity index is 1300. The highest BCUT2D eigenvalue weighted by Crippen LogP contribution is 2.35. The van der Waals surface area contributed by atoms with Crippen molar-refractivity contribution in [3.05, 3.63) is 77.1 Å². The van der Waals surface area contributed by atoms with Crippen LogP contribution in [0.2, 0.25) is 0 Å². The van der Waals surface area contributed by atoms with Gasteiger partial charge in [0.05, 0.1) is 0 Å². The van der Waals surface area contributed by atoms with Crippen LogP contribution >= 0.6 is 12.2 Å². The molecule has 3 aliphatic rings. The van der Waals surface area contributed by atoms with E-state index in [-0.39, 0.29) is 11.2 Å². The van der Waals surface area contributed by atoms with Gasteiger partial charge in [0.15, 0.2) is 5.11 Å². The quantitative estimate of drug-likeness (QED) is 0.381. The first kappa shape index (κ1) is 26.9. The highest BCUT2D eigenvalue weighted by atomic mass is 32.1. The van der Waals surface area contributed by atoms with Crippen LogP contribution in [0, 0.1) is 5.82 Å². The van der Waals surface area contributed by atoms with Crippen molar-refractivity contribution in [2.45, 2.75) is 57.0 Å². The zero-order valence-electron chi connectivity index (χ0n) is 22.9. The van der Waals surface area contributed by atoms with Gasteiger partial charge in [-0.2, -0.15) is 9.97 Å². The number of hydrogen-bond acceptors (Lipinski definition) is 6. The van der Waals surface area contributed by atoms with Gasteiger partial charge in [-0.1, -0.05) is 49.2 Å². The van der Waals surface area contributed by atoms with Gasteiger partial charge in [0.2, 0.25) is 5.95 Å². The van der Waals surface area contributed by atoms with E-state index in [0.717, 1.165) is 56.2 Å². The van der Waals surface area contributed by atoms with Crippen molar-refractivity contribution in [1.29, 1.82) is 0 Å². The zero-order valence-corrected chi connectivity index (χ0v) is 23.7. The molecule has 0 spiro atoms. The van der Waals surface area contributed by atoms with Crippen molar-refractivity contribution >= 4 is 34.9 Å². The number of fused-ring (bicyclic) bond motifs is 1. The molecule has 6 rings (SSSR count). The van der Waals surface area contributed by atoms with Gasteiger partial charge in [-0.15, -0.1) is 0 Å². The first-order valence-corrected chi connectivity index (χ1v) is 14.8. The predicted octanol–water partition coefficient (Wildman–Crippen LogP) is 5.55. The van der Waals surface area contributed by atoms with Gasteiger partial charge in [-0.05, 0) is 66.7 Å². The van der Waals surface area contributed by atoms with Crippen molar-refractivity contribution in [1.82, 2.24) is 15.3 Å². The van der Waals surface area contributed by atoms with Crippen molar-refractivity contribution in [3.8, 4) is 0 Å². The van der Waals surface area contributed by atoms with Crippen LogP contribution in [0.25, 0.3) is 0 Å². The highest BCUT2D eigenvalue weighted by Gasteiger charge is 2.34. The summed E-state index contributed by atoms with van der Waals surface area (Å²) >= 11 is 5.76. The number of anilines is 3.